The Morgan fingerprint density at radius 2 is 1.78 bits per heavy atom. The first-order chi connectivity index (χ1) is 15.0. The summed E-state index contributed by atoms with van der Waals surface area (Å²) in [5, 5.41) is 14.9. The maximum absolute atomic E-state index is 13.7. The summed E-state index contributed by atoms with van der Waals surface area (Å²) in [7, 11) is 0. The topological polar surface area (TPSA) is 99.4 Å². The first kappa shape index (κ1) is 21.8. The Morgan fingerprint density at radius 1 is 1.06 bits per heavy atom. The van der Waals surface area contributed by atoms with E-state index in [0.717, 1.165) is 17.5 Å². The molecule has 166 valence electrons. The molecule has 0 spiro atoms. The second-order valence-corrected chi connectivity index (χ2v) is 7.77. The molecule has 1 fully saturated rings. The van der Waals surface area contributed by atoms with Gasteiger partial charge in [0.25, 0.3) is 5.92 Å². The number of thiazole rings is 1. The minimum atomic E-state index is -4.67. The third-order valence-electron chi connectivity index (χ3n) is 4.33. The summed E-state index contributed by atoms with van der Waals surface area (Å²) < 4.78 is 78.7. The molecule has 0 bridgehead atoms. The van der Waals surface area contributed by atoms with Crippen LogP contribution >= 0.6 is 11.3 Å². The van der Waals surface area contributed by atoms with Crippen molar-refractivity contribution in [3.8, 4) is 16.9 Å². The zero-order chi connectivity index (χ0) is 23.1. The SMILES string of the molecule is N#Cc1cc(F)cc(Nc2nc(NC3CC(F)(F)C3)nc(-c3nc(C(F)(F)F)cs3)n2)c1. The molecule has 2 heterocycles. The number of hydrogen-bond acceptors (Lipinski definition) is 8. The summed E-state index contributed by atoms with van der Waals surface area (Å²) in [5.74, 6) is -4.15. The zero-order valence-corrected chi connectivity index (χ0v) is 16.5. The summed E-state index contributed by atoms with van der Waals surface area (Å²) in [6.07, 6.45) is -5.58. The lowest BCUT2D eigenvalue weighted by atomic mass is 9.88. The Bertz CT molecular complexity index is 1200. The minimum Gasteiger partial charge on any atom is -0.351 e. The highest BCUT2D eigenvalue weighted by Gasteiger charge is 2.45. The normalized spacial score (nSPS) is 15.7. The molecular formula is C18H11F6N7S. The van der Waals surface area contributed by atoms with Crippen molar-refractivity contribution in [2.45, 2.75) is 31.0 Å². The quantitative estimate of drug-likeness (QED) is 0.507. The van der Waals surface area contributed by atoms with Gasteiger partial charge in [-0.25, -0.2) is 18.2 Å². The molecule has 1 aliphatic carbocycles. The van der Waals surface area contributed by atoms with Gasteiger partial charge in [-0.3, -0.25) is 0 Å². The Morgan fingerprint density at radius 3 is 2.41 bits per heavy atom. The number of benzene rings is 1. The summed E-state index contributed by atoms with van der Waals surface area (Å²) in [6.45, 7) is 0. The van der Waals surface area contributed by atoms with Crippen LogP contribution in [0.2, 0.25) is 0 Å². The number of halogens is 6. The number of anilines is 3. The van der Waals surface area contributed by atoms with Crippen molar-refractivity contribution >= 4 is 28.9 Å². The van der Waals surface area contributed by atoms with E-state index in [1.807, 2.05) is 0 Å². The number of nitriles is 1. The Labute approximate surface area is 180 Å². The van der Waals surface area contributed by atoms with Crippen LogP contribution in [0.1, 0.15) is 24.1 Å². The van der Waals surface area contributed by atoms with Gasteiger partial charge in [-0.1, -0.05) is 0 Å². The fourth-order valence-corrected chi connectivity index (χ4v) is 3.66. The molecule has 4 rings (SSSR count). The van der Waals surface area contributed by atoms with E-state index in [2.05, 4.69) is 30.6 Å². The van der Waals surface area contributed by atoms with Crippen LogP contribution in [-0.4, -0.2) is 31.9 Å². The van der Waals surface area contributed by atoms with Crippen molar-refractivity contribution in [2.75, 3.05) is 10.6 Å². The fraction of sp³-hybridized carbons (Fsp3) is 0.278. The van der Waals surface area contributed by atoms with Crippen molar-refractivity contribution in [3.05, 3.63) is 40.7 Å². The second kappa shape index (κ2) is 7.90. The molecule has 0 aliphatic heterocycles. The Balaban J connectivity index is 1.68. The molecule has 1 saturated carbocycles. The first-order valence-corrected chi connectivity index (χ1v) is 9.80. The molecule has 1 aromatic carbocycles. The molecule has 0 unspecified atom stereocenters. The molecule has 2 N–H and O–H groups in total. The molecule has 0 radical (unpaired) electrons. The van der Waals surface area contributed by atoms with Crippen LogP contribution in [0.5, 0.6) is 0 Å². The maximum Gasteiger partial charge on any atom is 0.434 e. The van der Waals surface area contributed by atoms with Gasteiger partial charge < -0.3 is 10.6 Å². The molecule has 0 amide bonds. The van der Waals surface area contributed by atoms with Gasteiger partial charge in [-0.05, 0) is 18.2 Å². The lowest BCUT2D eigenvalue weighted by Crippen LogP contribution is -2.44. The van der Waals surface area contributed by atoms with E-state index < -0.39 is 42.5 Å². The fourth-order valence-electron chi connectivity index (χ4n) is 2.90. The van der Waals surface area contributed by atoms with E-state index >= 15 is 0 Å². The van der Waals surface area contributed by atoms with Crippen LogP contribution in [0.25, 0.3) is 10.8 Å². The van der Waals surface area contributed by atoms with Gasteiger partial charge in [0.2, 0.25) is 11.9 Å². The lowest BCUT2D eigenvalue weighted by molar-refractivity contribution is -0.140. The molecule has 0 atom stereocenters. The zero-order valence-electron chi connectivity index (χ0n) is 15.7. The molecule has 3 aromatic rings. The number of aromatic nitrogens is 4. The van der Waals surface area contributed by atoms with Crippen LogP contribution in [-0.2, 0) is 6.18 Å². The highest BCUT2D eigenvalue weighted by molar-refractivity contribution is 7.13. The van der Waals surface area contributed by atoms with Crippen molar-refractivity contribution in [1.82, 2.24) is 19.9 Å². The van der Waals surface area contributed by atoms with Crippen LogP contribution in [0.4, 0.5) is 43.9 Å². The van der Waals surface area contributed by atoms with Crippen LogP contribution in [0.15, 0.2) is 23.6 Å². The van der Waals surface area contributed by atoms with Crippen molar-refractivity contribution < 1.29 is 26.3 Å². The highest BCUT2D eigenvalue weighted by Crippen LogP contribution is 2.39. The van der Waals surface area contributed by atoms with Crippen LogP contribution in [0.3, 0.4) is 0 Å². The van der Waals surface area contributed by atoms with E-state index in [4.69, 9.17) is 5.26 Å². The van der Waals surface area contributed by atoms with Gasteiger partial charge in [0.15, 0.2) is 16.5 Å². The lowest BCUT2D eigenvalue weighted by Gasteiger charge is -2.35. The number of nitrogens with one attached hydrogen (secondary N) is 2. The maximum atomic E-state index is 13.7. The number of hydrogen-bond donors (Lipinski definition) is 2. The summed E-state index contributed by atoms with van der Waals surface area (Å²) in [6, 6.07) is 4.49. The molecule has 7 nitrogen and oxygen atoms in total. The van der Waals surface area contributed by atoms with Gasteiger partial charge in [0.05, 0.1) is 11.6 Å². The van der Waals surface area contributed by atoms with Crippen molar-refractivity contribution in [3.63, 3.8) is 0 Å². The summed E-state index contributed by atoms with van der Waals surface area (Å²) >= 11 is 0.638. The Hall–Kier alpha value is -3.47. The molecule has 0 saturated heterocycles. The standard InChI is InChI=1S/C18H11F6N7S/c19-9-1-8(6-25)2-10(3-9)26-15-29-13(14-28-12(7-32-14)18(22,23)24)30-16(31-15)27-11-4-17(20,21)5-11/h1-3,7,11H,4-5H2,(H2,26,27,29,30,31). The Kier molecular flexibility index (Phi) is 5.37. The first-order valence-electron chi connectivity index (χ1n) is 8.92. The minimum absolute atomic E-state index is 0.00608. The van der Waals surface area contributed by atoms with E-state index in [-0.39, 0.29) is 34.0 Å². The van der Waals surface area contributed by atoms with Crippen molar-refractivity contribution in [2.24, 2.45) is 0 Å². The molecule has 2 aromatic heterocycles. The van der Waals surface area contributed by atoms with Gasteiger partial charge in [-0.15, -0.1) is 11.3 Å². The monoisotopic (exact) mass is 471 g/mol. The average Bonchev–Trinajstić information content (AvgIpc) is 3.16. The highest BCUT2D eigenvalue weighted by atomic mass is 32.1. The van der Waals surface area contributed by atoms with E-state index in [0.29, 0.717) is 11.3 Å². The van der Waals surface area contributed by atoms with Gasteiger partial charge in [-0.2, -0.15) is 33.4 Å². The second-order valence-electron chi connectivity index (χ2n) is 6.91. The van der Waals surface area contributed by atoms with Crippen molar-refractivity contribution in [1.29, 1.82) is 5.26 Å². The molecule has 32 heavy (non-hydrogen) atoms. The predicted molar refractivity (Wildman–Crippen MR) is 102 cm³/mol. The van der Waals surface area contributed by atoms with E-state index in [1.54, 1.807) is 6.07 Å². The number of rotatable bonds is 5. The summed E-state index contributed by atoms with van der Waals surface area (Å²) in [4.78, 5) is 15.5. The van der Waals surface area contributed by atoms with E-state index in [9.17, 15) is 26.3 Å². The van der Waals surface area contributed by atoms with Gasteiger partial charge in [0, 0.05) is 30.0 Å². The van der Waals surface area contributed by atoms with Gasteiger partial charge >= 0.3 is 6.18 Å². The predicted octanol–water partition coefficient (Wildman–Crippen LogP) is 4.98. The largest absolute Gasteiger partial charge is 0.434 e. The van der Waals surface area contributed by atoms with Crippen LogP contribution in [0, 0.1) is 17.1 Å². The average molecular weight is 471 g/mol. The number of alkyl halides is 5. The molecular weight excluding hydrogens is 460 g/mol. The third kappa shape index (κ3) is 4.88. The van der Waals surface area contributed by atoms with Crippen LogP contribution < -0.4 is 10.6 Å². The smallest absolute Gasteiger partial charge is 0.351 e. The number of nitrogens with zero attached hydrogens (tertiary/aromatic N) is 5. The third-order valence-corrected chi connectivity index (χ3v) is 5.17. The summed E-state index contributed by atoms with van der Waals surface area (Å²) in [5.41, 5.74) is -1.04. The molecule has 1 aliphatic rings. The van der Waals surface area contributed by atoms with E-state index in [1.165, 1.54) is 6.07 Å². The molecule has 14 heteroatoms. The van der Waals surface area contributed by atoms with Gasteiger partial charge in [0.1, 0.15) is 5.82 Å².